The van der Waals surface area contributed by atoms with E-state index in [0.29, 0.717) is 12.1 Å². The smallest absolute Gasteiger partial charge is 0.177 e. The van der Waals surface area contributed by atoms with Crippen LogP contribution in [0.3, 0.4) is 0 Å². The van der Waals surface area contributed by atoms with Crippen LogP contribution < -0.4 is 10.9 Å². The maximum Gasteiger partial charge on any atom is 0.177 e. The molecule has 0 radical (unpaired) electrons. The van der Waals surface area contributed by atoms with Crippen molar-refractivity contribution in [1.29, 1.82) is 0 Å². The van der Waals surface area contributed by atoms with Crippen LogP contribution >= 0.6 is 0 Å². The van der Waals surface area contributed by atoms with Crippen molar-refractivity contribution in [3.05, 3.63) is 43.0 Å². The number of benzene rings is 1. The van der Waals surface area contributed by atoms with Gasteiger partial charge in [-0.1, -0.05) is 30.3 Å². The fourth-order valence-electron chi connectivity index (χ4n) is 3.89. The van der Waals surface area contributed by atoms with E-state index in [1.165, 1.54) is 0 Å². The van der Waals surface area contributed by atoms with Crippen LogP contribution in [0.1, 0.15) is 39.7 Å². The molecule has 0 bridgehead atoms. The average molecular weight is 365 g/mol. The number of aromatic nitrogens is 5. The van der Waals surface area contributed by atoms with Gasteiger partial charge in [-0.15, -0.1) is 0 Å². The lowest BCUT2D eigenvalue weighted by molar-refractivity contribution is 0.416. The van der Waals surface area contributed by atoms with E-state index in [1.807, 2.05) is 29.2 Å². The van der Waals surface area contributed by atoms with Crippen LogP contribution in [0.5, 0.6) is 0 Å². The Bertz CT molecular complexity index is 883. The first-order chi connectivity index (χ1) is 13.2. The van der Waals surface area contributed by atoms with E-state index in [9.17, 15) is 0 Å². The molecule has 0 amide bonds. The summed E-state index contributed by atoms with van der Waals surface area (Å²) in [6.07, 6.45) is 5.73. The summed E-state index contributed by atoms with van der Waals surface area (Å²) < 4.78 is 4.19. The summed E-state index contributed by atoms with van der Waals surface area (Å²) in [6, 6.07) is 11.5. The highest BCUT2D eigenvalue weighted by Crippen LogP contribution is 2.33. The van der Waals surface area contributed by atoms with Gasteiger partial charge in [0.15, 0.2) is 5.82 Å². The summed E-state index contributed by atoms with van der Waals surface area (Å²) in [4.78, 5) is 9.34. The molecule has 2 aromatic heterocycles. The summed E-state index contributed by atoms with van der Waals surface area (Å²) in [5.74, 6) is 0.867. The first-order valence-electron chi connectivity index (χ1n) is 9.68. The molecule has 0 saturated carbocycles. The predicted octanol–water partition coefficient (Wildman–Crippen LogP) is 3.03. The van der Waals surface area contributed by atoms with Gasteiger partial charge in [-0.2, -0.15) is 5.10 Å². The van der Waals surface area contributed by atoms with Crippen LogP contribution in [-0.2, 0) is 6.54 Å². The summed E-state index contributed by atoms with van der Waals surface area (Å²) in [6.45, 7) is 7.31. The SMILES string of the molecule is CCn1ncnc1-c1c(-c2ccccc2)ncn1C(C)CC1CC(C)NN1. The van der Waals surface area contributed by atoms with Crippen molar-refractivity contribution in [2.45, 2.75) is 58.3 Å². The number of imidazole rings is 1. The van der Waals surface area contributed by atoms with Crippen LogP contribution in [0.2, 0.25) is 0 Å². The lowest BCUT2D eigenvalue weighted by Crippen LogP contribution is -2.33. The van der Waals surface area contributed by atoms with E-state index in [-0.39, 0.29) is 6.04 Å². The zero-order chi connectivity index (χ0) is 18.8. The third kappa shape index (κ3) is 3.52. The molecule has 3 atom stereocenters. The Kier molecular flexibility index (Phi) is 5.05. The summed E-state index contributed by atoms with van der Waals surface area (Å²) in [5.41, 5.74) is 9.81. The van der Waals surface area contributed by atoms with E-state index >= 15 is 0 Å². The van der Waals surface area contributed by atoms with Crippen molar-refractivity contribution < 1.29 is 0 Å². The lowest BCUT2D eigenvalue weighted by atomic mass is 10.0. The van der Waals surface area contributed by atoms with Crippen LogP contribution in [-0.4, -0.2) is 36.4 Å². The third-order valence-electron chi connectivity index (χ3n) is 5.24. The van der Waals surface area contributed by atoms with Crippen molar-refractivity contribution in [1.82, 2.24) is 35.2 Å². The molecule has 0 aliphatic carbocycles. The second-order valence-corrected chi connectivity index (χ2v) is 7.32. The molecular formula is C20H27N7. The number of hydrazine groups is 1. The van der Waals surface area contributed by atoms with Crippen molar-refractivity contribution in [2.24, 2.45) is 0 Å². The van der Waals surface area contributed by atoms with Gasteiger partial charge in [0.1, 0.15) is 12.0 Å². The minimum absolute atomic E-state index is 0.288. The first kappa shape index (κ1) is 17.9. The number of nitrogens with zero attached hydrogens (tertiary/aromatic N) is 5. The van der Waals surface area contributed by atoms with Crippen molar-refractivity contribution in [3.8, 4) is 22.8 Å². The highest BCUT2D eigenvalue weighted by Gasteiger charge is 2.26. The fourth-order valence-corrected chi connectivity index (χ4v) is 3.89. The average Bonchev–Trinajstić information content (AvgIpc) is 3.40. The monoisotopic (exact) mass is 365 g/mol. The van der Waals surface area contributed by atoms with Crippen LogP contribution in [0.25, 0.3) is 22.8 Å². The number of aryl methyl sites for hydroxylation is 1. The molecule has 0 spiro atoms. The lowest BCUT2D eigenvalue weighted by Gasteiger charge is -2.20. The third-order valence-corrected chi connectivity index (χ3v) is 5.24. The molecule has 3 heterocycles. The zero-order valence-electron chi connectivity index (χ0n) is 16.1. The van der Waals surface area contributed by atoms with Crippen LogP contribution in [0, 0.1) is 0 Å². The molecule has 3 aromatic rings. The van der Waals surface area contributed by atoms with E-state index in [4.69, 9.17) is 4.98 Å². The van der Waals surface area contributed by atoms with Crippen LogP contribution in [0.4, 0.5) is 0 Å². The van der Waals surface area contributed by atoms with Gasteiger partial charge < -0.3 is 4.57 Å². The molecule has 7 nitrogen and oxygen atoms in total. The summed E-state index contributed by atoms with van der Waals surface area (Å²) in [7, 11) is 0. The van der Waals surface area contributed by atoms with E-state index < -0.39 is 0 Å². The molecule has 4 rings (SSSR count). The van der Waals surface area contributed by atoms with E-state index in [0.717, 1.165) is 42.2 Å². The molecule has 3 unspecified atom stereocenters. The minimum atomic E-state index is 0.288. The van der Waals surface area contributed by atoms with Crippen molar-refractivity contribution in [3.63, 3.8) is 0 Å². The van der Waals surface area contributed by atoms with E-state index in [1.54, 1.807) is 6.33 Å². The normalized spacial score (nSPS) is 20.9. The molecule has 27 heavy (non-hydrogen) atoms. The maximum absolute atomic E-state index is 4.77. The predicted molar refractivity (Wildman–Crippen MR) is 106 cm³/mol. The van der Waals surface area contributed by atoms with E-state index in [2.05, 4.69) is 58.4 Å². The van der Waals surface area contributed by atoms with Gasteiger partial charge in [0.05, 0.1) is 12.0 Å². The van der Waals surface area contributed by atoms with Gasteiger partial charge in [0, 0.05) is 30.2 Å². The molecule has 1 aromatic carbocycles. The molecular weight excluding hydrogens is 338 g/mol. The highest BCUT2D eigenvalue weighted by atomic mass is 15.4. The Morgan fingerprint density at radius 3 is 2.70 bits per heavy atom. The van der Waals surface area contributed by atoms with Crippen molar-refractivity contribution in [2.75, 3.05) is 0 Å². The van der Waals surface area contributed by atoms with Gasteiger partial charge in [-0.25, -0.2) is 14.6 Å². The molecule has 1 saturated heterocycles. The summed E-state index contributed by atoms with van der Waals surface area (Å²) >= 11 is 0. The summed E-state index contributed by atoms with van der Waals surface area (Å²) in [5, 5.41) is 4.38. The number of hydrogen-bond acceptors (Lipinski definition) is 5. The Balaban J connectivity index is 1.74. The fraction of sp³-hybridized carbons (Fsp3) is 0.450. The molecule has 2 N–H and O–H groups in total. The van der Waals surface area contributed by atoms with Crippen LogP contribution in [0.15, 0.2) is 43.0 Å². The number of nitrogens with one attached hydrogen (secondary N) is 2. The Morgan fingerprint density at radius 2 is 2.00 bits per heavy atom. The van der Waals surface area contributed by atoms with Gasteiger partial charge in [0.25, 0.3) is 0 Å². The minimum Gasteiger partial charge on any atom is -0.325 e. The second kappa shape index (κ2) is 7.62. The largest absolute Gasteiger partial charge is 0.325 e. The van der Waals surface area contributed by atoms with Gasteiger partial charge >= 0.3 is 0 Å². The standard InChI is InChI=1S/C20H27N7/c1-4-27-20(21-12-23-27)19-18(16-8-6-5-7-9-16)22-13-26(19)15(3)11-17-10-14(2)24-25-17/h5-9,12-15,17,24-25H,4,10-11H2,1-3H3. The molecule has 7 heteroatoms. The Hall–Kier alpha value is -2.51. The molecule has 142 valence electrons. The van der Waals surface area contributed by atoms with Gasteiger partial charge in [-0.3, -0.25) is 10.9 Å². The topological polar surface area (TPSA) is 72.6 Å². The maximum atomic E-state index is 4.77. The van der Waals surface area contributed by atoms with Gasteiger partial charge in [0.2, 0.25) is 0 Å². The molecule has 1 fully saturated rings. The van der Waals surface area contributed by atoms with Gasteiger partial charge in [-0.05, 0) is 33.6 Å². The Labute approximate surface area is 159 Å². The number of rotatable bonds is 6. The molecule has 1 aliphatic rings. The van der Waals surface area contributed by atoms with Crippen molar-refractivity contribution >= 4 is 0 Å². The highest BCUT2D eigenvalue weighted by molar-refractivity contribution is 5.75. The number of hydrogen-bond donors (Lipinski definition) is 2. The quantitative estimate of drug-likeness (QED) is 0.702. The first-order valence-corrected chi connectivity index (χ1v) is 9.68. The molecule has 1 aliphatic heterocycles. The zero-order valence-corrected chi connectivity index (χ0v) is 16.1. The Morgan fingerprint density at radius 1 is 1.19 bits per heavy atom. The second-order valence-electron chi connectivity index (χ2n) is 7.32.